The molecule has 0 bridgehead atoms. The van der Waals surface area contributed by atoms with Gasteiger partial charge in [0.15, 0.2) is 5.96 Å². The molecule has 0 aliphatic rings. The fraction of sp³-hybridized carbons (Fsp3) is 0.538. The van der Waals surface area contributed by atoms with E-state index in [9.17, 15) is 14.4 Å². The van der Waals surface area contributed by atoms with Crippen molar-refractivity contribution in [2.45, 2.75) is 65.5 Å². The number of carbonyl (C=O) groups is 3. The lowest BCUT2D eigenvalue weighted by molar-refractivity contribution is -0.131. The zero-order valence-electron chi connectivity index (χ0n) is 21.4. The molecule has 0 saturated carbocycles. The van der Waals surface area contributed by atoms with Gasteiger partial charge in [-0.25, -0.2) is 0 Å². The number of aliphatic imine (C=N–C) groups is 1. The molecule has 1 rings (SSSR count). The second-order valence-electron chi connectivity index (χ2n) is 9.43. The Balaban J connectivity index is 2.74. The van der Waals surface area contributed by atoms with Crippen LogP contribution < -0.4 is 27.4 Å². The standard InChI is InChI=1S/C26H42N6O3/c1-18(2)16-21(24(34)29-14-8-9-15-30-26(27)28)32-25(35)22(17-19(3)4)31-23(33)13-12-20-10-6-5-7-11-20/h5-7,10-13,18-19,21-22H,8-9,14-17H2,1-4H3,(H,29,34)(H,31,33)(H,32,35)(H4,27,28,30)/b13-12+/t21?,22-/m0/s1. The maximum absolute atomic E-state index is 13.1. The number of nitrogens with two attached hydrogens (primary N) is 2. The molecule has 0 spiro atoms. The van der Waals surface area contributed by atoms with Crippen molar-refractivity contribution in [3.8, 4) is 0 Å². The molecule has 9 heteroatoms. The topological polar surface area (TPSA) is 152 Å². The molecule has 0 aliphatic heterocycles. The van der Waals surface area contributed by atoms with Gasteiger partial charge in [-0.1, -0.05) is 58.0 Å². The number of hydrogen-bond donors (Lipinski definition) is 5. The first-order valence-corrected chi connectivity index (χ1v) is 12.3. The lowest BCUT2D eigenvalue weighted by atomic mass is 10.00. The van der Waals surface area contributed by atoms with E-state index < -0.39 is 12.1 Å². The number of nitrogens with one attached hydrogen (secondary N) is 3. The predicted molar refractivity (Wildman–Crippen MR) is 141 cm³/mol. The molecule has 35 heavy (non-hydrogen) atoms. The summed E-state index contributed by atoms with van der Waals surface area (Å²) in [5.74, 6) is -0.555. The minimum atomic E-state index is -0.745. The molecule has 194 valence electrons. The molecule has 2 atom stereocenters. The lowest BCUT2D eigenvalue weighted by Crippen LogP contribution is -2.54. The maximum Gasteiger partial charge on any atom is 0.244 e. The van der Waals surface area contributed by atoms with Crippen LogP contribution in [0.5, 0.6) is 0 Å². The van der Waals surface area contributed by atoms with Gasteiger partial charge in [0.25, 0.3) is 0 Å². The van der Waals surface area contributed by atoms with Crippen molar-refractivity contribution in [1.82, 2.24) is 16.0 Å². The van der Waals surface area contributed by atoms with E-state index in [1.165, 1.54) is 6.08 Å². The second kappa shape index (κ2) is 16.3. The van der Waals surface area contributed by atoms with Crippen LogP contribution in [0.1, 0.15) is 58.9 Å². The summed E-state index contributed by atoms with van der Waals surface area (Å²) in [6, 6.07) is 8.01. The summed E-state index contributed by atoms with van der Waals surface area (Å²) in [6.45, 7) is 8.89. The predicted octanol–water partition coefficient (Wildman–Crippen LogP) is 1.93. The van der Waals surface area contributed by atoms with E-state index in [0.29, 0.717) is 32.4 Å². The molecule has 1 aromatic carbocycles. The first-order chi connectivity index (χ1) is 16.6. The van der Waals surface area contributed by atoms with Crippen molar-refractivity contribution < 1.29 is 14.4 Å². The van der Waals surface area contributed by atoms with Crippen molar-refractivity contribution in [3.05, 3.63) is 42.0 Å². The second-order valence-corrected chi connectivity index (χ2v) is 9.43. The fourth-order valence-electron chi connectivity index (χ4n) is 3.41. The summed E-state index contributed by atoms with van der Waals surface area (Å²) >= 11 is 0. The van der Waals surface area contributed by atoms with Crippen molar-refractivity contribution in [1.29, 1.82) is 0 Å². The number of benzene rings is 1. The van der Waals surface area contributed by atoms with Crippen LogP contribution in [0, 0.1) is 11.8 Å². The zero-order chi connectivity index (χ0) is 26.2. The average molecular weight is 487 g/mol. The number of nitrogens with zero attached hydrogens (tertiary/aromatic N) is 1. The summed E-state index contributed by atoms with van der Waals surface area (Å²) in [4.78, 5) is 42.3. The van der Waals surface area contributed by atoms with Gasteiger partial charge < -0.3 is 27.4 Å². The van der Waals surface area contributed by atoms with Crippen LogP contribution in [0.2, 0.25) is 0 Å². The average Bonchev–Trinajstić information content (AvgIpc) is 2.78. The number of amides is 3. The number of hydrogen-bond acceptors (Lipinski definition) is 4. The lowest BCUT2D eigenvalue weighted by Gasteiger charge is -2.25. The minimum absolute atomic E-state index is 0.0485. The highest BCUT2D eigenvalue weighted by Crippen LogP contribution is 2.09. The van der Waals surface area contributed by atoms with E-state index in [4.69, 9.17) is 11.5 Å². The fourth-order valence-corrected chi connectivity index (χ4v) is 3.41. The Morgan fingerprint density at radius 2 is 1.49 bits per heavy atom. The highest BCUT2D eigenvalue weighted by atomic mass is 16.2. The Bertz CT molecular complexity index is 848. The highest BCUT2D eigenvalue weighted by molar-refractivity contribution is 5.96. The van der Waals surface area contributed by atoms with Gasteiger partial charge in [0.2, 0.25) is 17.7 Å². The number of unbranched alkanes of at least 4 members (excludes halogenated alkanes) is 1. The van der Waals surface area contributed by atoms with Crippen LogP contribution in [0.3, 0.4) is 0 Å². The maximum atomic E-state index is 13.1. The Hall–Kier alpha value is -3.36. The molecule has 0 fully saturated rings. The van der Waals surface area contributed by atoms with Gasteiger partial charge in [0.1, 0.15) is 12.1 Å². The number of carbonyl (C=O) groups excluding carboxylic acids is 3. The van der Waals surface area contributed by atoms with Crippen molar-refractivity contribution in [2.24, 2.45) is 28.3 Å². The monoisotopic (exact) mass is 486 g/mol. The van der Waals surface area contributed by atoms with E-state index in [0.717, 1.165) is 12.0 Å². The number of guanidine groups is 1. The quantitative estimate of drug-likeness (QED) is 0.111. The summed E-state index contributed by atoms with van der Waals surface area (Å²) in [7, 11) is 0. The summed E-state index contributed by atoms with van der Waals surface area (Å²) in [5, 5.41) is 8.52. The number of rotatable bonds is 15. The third kappa shape index (κ3) is 13.8. The molecule has 0 radical (unpaired) electrons. The molecule has 3 amide bonds. The van der Waals surface area contributed by atoms with Crippen LogP contribution in [0.4, 0.5) is 0 Å². The van der Waals surface area contributed by atoms with Gasteiger partial charge in [-0.05, 0) is 49.2 Å². The summed E-state index contributed by atoms with van der Waals surface area (Å²) in [6.07, 6.45) is 5.50. The first kappa shape index (κ1) is 29.7. The van der Waals surface area contributed by atoms with Gasteiger partial charge in [-0.15, -0.1) is 0 Å². The van der Waals surface area contributed by atoms with Gasteiger partial charge in [0, 0.05) is 19.2 Å². The Labute approximate surface area is 209 Å². The molecule has 0 heterocycles. The summed E-state index contributed by atoms with van der Waals surface area (Å²) in [5.41, 5.74) is 11.5. The van der Waals surface area contributed by atoms with Gasteiger partial charge >= 0.3 is 0 Å². The van der Waals surface area contributed by atoms with Crippen molar-refractivity contribution >= 4 is 29.8 Å². The van der Waals surface area contributed by atoms with E-state index in [1.54, 1.807) is 6.08 Å². The molecular formula is C26H42N6O3. The SMILES string of the molecule is CC(C)CC(NC(=O)[C@H](CC(C)C)NC(=O)/C=C/c1ccccc1)C(=O)NCCCCN=C(N)N. The molecule has 1 aromatic rings. The third-order valence-corrected chi connectivity index (χ3v) is 5.09. The van der Waals surface area contributed by atoms with Crippen LogP contribution in [-0.2, 0) is 14.4 Å². The molecule has 9 nitrogen and oxygen atoms in total. The van der Waals surface area contributed by atoms with Gasteiger partial charge in [-0.3, -0.25) is 19.4 Å². The third-order valence-electron chi connectivity index (χ3n) is 5.09. The zero-order valence-corrected chi connectivity index (χ0v) is 21.4. The van der Waals surface area contributed by atoms with Gasteiger partial charge in [-0.2, -0.15) is 0 Å². The van der Waals surface area contributed by atoms with Crippen LogP contribution in [-0.4, -0.2) is 48.9 Å². The normalized spacial score (nSPS) is 12.9. The van der Waals surface area contributed by atoms with E-state index in [1.807, 2.05) is 58.0 Å². The van der Waals surface area contributed by atoms with Crippen molar-refractivity contribution in [3.63, 3.8) is 0 Å². The Kier molecular flexibility index (Phi) is 13.8. The minimum Gasteiger partial charge on any atom is -0.370 e. The largest absolute Gasteiger partial charge is 0.370 e. The molecular weight excluding hydrogens is 444 g/mol. The Morgan fingerprint density at radius 1 is 0.886 bits per heavy atom. The molecule has 0 aromatic heterocycles. The van der Waals surface area contributed by atoms with Crippen molar-refractivity contribution in [2.75, 3.05) is 13.1 Å². The smallest absolute Gasteiger partial charge is 0.244 e. The van der Waals surface area contributed by atoms with Crippen LogP contribution in [0.15, 0.2) is 41.4 Å². The molecule has 0 saturated heterocycles. The molecule has 1 unspecified atom stereocenters. The summed E-state index contributed by atoms with van der Waals surface area (Å²) < 4.78 is 0. The van der Waals surface area contributed by atoms with Crippen LogP contribution in [0.25, 0.3) is 6.08 Å². The Morgan fingerprint density at radius 3 is 2.06 bits per heavy atom. The molecule has 7 N–H and O–H groups in total. The van der Waals surface area contributed by atoms with E-state index in [-0.39, 0.29) is 35.5 Å². The van der Waals surface area contributed by atoms with E-state index >= 15 is 0 Å². The molecule has 0 aliphatic carbocycles. The van der Waals surface area contributed by atoms with Crippen LogP contribution >= 0.6 is 0 Å². The van der Waals surface area contributed by atoms with Gasteiger partial charge in [0.05, 0.1) is 0 Å². The van der Waals surface area contributed by atoms with E-state index in [2.05, 4.69) is 20.9 Å². The highest BCUT2D eigenvalue weighted by Gasteiger charge is 2.27. The first-order valence-electron chi connectivity index (χ1n) is 12.3.